The summed E-state index contributed by atoms with van der Waals surface area (Å²) in [6.45, 7) is 0.771. The molecule has 1 fully saturated rings. The summed E-state index contributed by atoms with van der Waals surface area (Å²) in [5, 5.41) is 66.7. The van der Waals surface area contributed by atoms with E-state index >= 15 is 0 Å². The average molecular weight is 1240 g/mol. The van der Waals surface area contributed by atoms with Crippen molar-refractivity contribution in [3.63, 3.8) is 0 Å². The minimum atomic E-state index is -0.551. The molecule has 0 unspecified atom stereocenters. The van der Waals surface area contributed by atoms with Gasteiger partial charge in [0.2, 0.25) is 32.6 Å². The maximum Gasteiger partial charge on any atom is 0.259 e. The van der Waals surface area contributed by atoms with Crippen molar-refractivity contribution in [2.24, 2.45) is 16.6 Å². The van der Waals surface area contributed by atoms with Gasteiger partial charge in [-0.15, -0.1) is 11.6 Å². The van der Waals surface area contributed by atoms with Gasteiger partial charge >= 0.3 is 0 Å². The van der Waals surface area contributed by atoms with Crippen molar-refractivity contribution >= 4 is 51.7 Å². The van der Waals surface area contributed by atoms with Crippen LogP contribution in [0.3, 0.4) is 0 Å². The maximum absolute atomic E-state index is 11.9. The summed E-state index contributed by atoms with van der Waals surface area (Å²) in [6, 6.07) is 24.7. The van der Waals surface area contributed by atoms with Crippen LogP contribution >= 0.6 is 35.6 Å². The van der Waals surface area contributed by atoms with Crippen molar-refractivity contribution < 1.29 is 71.8 Å². The fourth-order valence-corrected chi connectivity index (χ4v) is 6.82. The number of hydrogen-bond acceptors (Lipinski definition) is 26. The molecular formula is C54H54ClN7O21S2. The van der Waals surface area contributed by atoms with E-state index < -0.39 is 67.1 Å². The molecule has 85 heavy (non-hydrogen) atoms. The van der Waals surface area contributed by atoms with E-state index in [0.29, 0.717) is 32.7 Å². The zero-order chi connectivity index (χ0) is 62.1. The van der Waals surface area contributed by atoms with Crippen LogP contribution in [0, 0.1) is 0 Å². The summed E-state index contributed by atoms with van der Waals surface area (Å²) >= 11 is 12.0. The molecule has 0 bridgehead atoms. The van der Waals surface area contributed by atoms with Gasteiger partial charge in [-0.2, -0.15) is 0 Å². The highest BCUT2D eigenvalue weighted by atomic mass is 35.5. The lowest BCUT2D eigenvalue weighted by Crippen LogP contribution is -2.30. The Kier molecular flexibility index (Phi) is 31.5. The van der Waals surface area contributed by atoms with Crippen LogP contribution in [-0.4, -0.2) is 69.1 Å². The topological polar surface area (TPSA) is 473 Å². The summed E-state index contributed by atoms with van der Waals surface area (Å²) < 4.78 is 29.1. The molecule has 28 nitrogen and oxygen atoms in total. The molecule has 6 aromatic heterocycles. The lowest BCUT2D eigenvalue weighted by molar-refractivity contribution is 0.0860. The fourth-order valence-electron chi connectivity index (χ4n) is 5.48. The first-order valence-electron chi connectivity index (χ1n) is 23.4. The van der Waals surface area contributed by atoms with Gasteiger partial charge in [-0.3, -0.25) is 43.3 Å². The molecule has 31 heteroatoms. The number of carbonyl (C=O) groups is 2. The molecule has 1 aliphatic heterocycles. The third-order valence-electron chi connectivity index (χ3n) is 9.66. The van der Waals surface area contributed by atoms with Gasteiger partial charge in [0.1, 0.15) is 83.1 Å². The van der Waals surface area contributed by atoms with E-state index in [1.165, 1.54) is 0 Å². The Labute approximate surface area is 493 Å². The molecule has 2 amide bonds. The van der Waals surface area contributed by atoms with Crippen molar-refractivity contribution in [2.45, 2.75) is 46.1 Å². The Morgan fingerprint density at radius 2 is 0.941 bits per heavy atom. The van der Waals surface area contributed by atoms with Crippen LogP contribution in [0.25, 0.3) is 10.4 Å². The van der Waals surface area contributed by atoms with E-state index in [2.05, 4.69) is 19.8 Å². The molecule has 9 rings (SSSR count). The molecule has 0 radical (unpaired) electrons. The number of azide groups is 1. The highest BCUT2D eigenvalue weighted by Crippen LogP contribution is 2.20. The number of benzene rings is 2. The molecule has 2 aromatic carbocycles. The molecule has 8 aromatic rings. The first-order valence-corrected chi connectivity index (χ1v) is 25.4. The van der Waals surface area contributed by atoms with E-state index in [1.807, 2.05) is 36.4 Å². The predicted octanol–water partition coefficient (Wildman–Crippen LogP) is 5.76. The second-order valence-corrected chi connectivity index (χ2v) is 17.6. The number of carbonyl (C=O) groups excluding carboxylic acids is 2. The first-order chi connectivity index (χ1) is 40.1. The number of amides is 2. The summed E-state index contributed by atoms with van der Waals surface area (Å²) in [5.74, 6) is -0.0109. The van der Waals surface area contributed by atoms with Crippen molar-refractivity contribution in [1.29, 1.82) is 0 Å². The van der Waals surface area contributed by atoms with Crippen molar-refractivity contribution in [3.05, 3.63) is 252 Å². The van der Waals surface area contributed by atoms with Crippen LogP contribution in [0.2, 0.25) is 0 Å². The number of alkyl halides is 1. The summed E-state index contributed by atoms with van der Waals surface area (Å²) in [5.41, 5.74) is 16.4. The van der Waals surface area contributed by atoms with Crippen LogP contribution in [-0.2, 0) is 38.7 Å². The number of aliphatic hydroxyl groups excluding tert-OH is 1. The normalized spacial score (nSPS) is 10.6. The van der Waals surface area contributed by atoms with Crippen LogP contribution in [0.5, 0.6) is 34.5 Å². The maximum atomic E-state index is 11.9. The SMILES string of the molecule is C.NCc1cc(=O)c(O)co1.NCc1cc(=O)c(O)co1.O=C(NCc1cc(=O)c(O)co1)c1ccccc1.O=C(c1ccccc1)N1CCSC1=S.O=c1cc(CCl)occ1O.O=c1cc(CO)occ1O.[N-]=[N+]=NCc1cc(=O)c(O)co1. The molecule has 1 saturated heterocycles. The van der Waals surface area contributed by atoms with E-state index in [-0.39, 0.29) is 75.2 Å². The Morgan fingerprint density at radius 1 is 0.588 bits per heavy atom. The van der Waals surface area contributed by atoms with Crippen molar-refractivity contribution in [3.8, 4) is 34.5 Å². The largest absolute Gasteiger partial charge is 0.502 e. The van der Waals surface area contributed by atoms with Crippen LogP contribution in [0.1, 0.15) is 62.7 Å². The summed E-state index contributed by atoms with van der Waals surface area (Å²) in [6.07, 6.45) is 5.68. The number of nitrogens with two attached hydrogens (primary N) is 2. The number of halogens is 1. The van der Waals surface area contributed by atoms with Crippen molar-refractivity contribution in [1.82, 2.24) is 10.2 Å². The summed E-state index contributed by atoms with van der Waals surface area (Å²) in [4.78, 5) is 92.1. The molecule has 450 valence electrons. The van der Waals surface area contributed by atoms with Gasteiger partial charge in [-0.1, -0.05) is 72.9 Å². The molecular weight excluding hydrogens is 1180 g/mol. The smallest absolute Gasteiger partial charge is 0.259 e. The van der Waals surface area contributed by atoms with Crippen LogP contribution in [0.4, 0.5) is 0 Å². The number of nitrogens with zero attached hydrogens (tertiary/aromatic N) is 4. The minimum Gasteiger partial charge on any atom is -0.502 e. The Bertz CT molecular complexity index is 3610. The molecule has 7 heterocycles. The van der Waals surface area contributed by atoms with Gasteiger partial charge in [0.15, 0.2) is 34.5 Å². The van der Waals surface area contributed by atoms with E-state index in [4.69, 9.17) is 98.6 Å². The highest BCUT2D eigenvalue weighted by Gasteiger charge is 2.24. The Morgan fingerprint density at radius 3 is 1.32 bits per heavy atom. The number of thioether (sulfide) groups is 1. The van der Waals surface area contributed by atoms with Crippen LogP contribution < -0.4 is 49.4 Å². The predicted molar refractivity (Wildman–Crippen MR) is 311 cm³/mol. The highest BCUT2D eigenvalue weighted by molar-refractivity contribution is 8.23. The Hall–Kier alpha value is -10.2. The zero-order valence-electron chi connectivity index (χ0n) is 43.3. The number of aromatic hydroxyl groups is 6. The number of aliphatic hydroxyl groups is 1. The second-order valence-electron chi connectivity index (χ2n) is 15.6. The lowest BCUT2D eigenvalue weighted by atomic mass is 10.2. The quantitative estimate of drug-likeness (QED) is 0.0256. The van der Waals surface area contributed by atoms with E-state index in [9.17, 15) is 38.4 Å². The van der Waals surface area contributed by atoms with Gasteiger partial charge in [-0.05, 0) is 29.8 Å². The number of nitrogens with one attached hydrogen (secondary N) is 1. The van der Waals surface area contributed by atoms with Gasteiger partial charge in [0.25, 0.3) is 11.8 Å². The molecule has 0 aliphatic carbocycles. The first kappa shape index (κ1) is 70.9. The molecule has 0 spiro atoms. The van der Waals surface area contributed by atoms with Crippen LogP contribution in [0.15, 0.2) is 195 Å². The van der Waals surface area contributed by atoms with E-state index in [1.54, 1.807) is 40.9 Å². The van der Waals surface area contributed by atoms with Gasteiger partial charge < -0.3 is 79.0 Å². The standard InChI is InChI=1S/C13H11NO4.C10H9NOS2.C6H5ClO3.C6H5N3O3.2C6H7NO3.C6H6O4.CH4/c15-11-6-10(18-8-12(11)16)7-14-13(17)9-4-2-1-3-5-9;12-9(8-4-2-1-3-5-8)11-6-7-14-10(11)13;7-2-4-1-5(8)6(9)3-10-4;7-9-8-2-4-1-5(10)6(11)3-12-4;3*7-2-4-1-5(8)6(9)3-10-4;/h1-6,8,16H,7H2,(H,14,17);1-5H,6-7H2;1,3,9H,2H2;1,3,11H,2H2;2*1,3,9H,2,7H2;1,3,7,9H,2H2;1H4. The third-order valence-corrected chi connectivity index (χ3v) is 11.4. The minimum absolute atomic E-state index is 0. The number of hydrogen-bond donors (Lipinski definition) is 10. The monoisotopic (exact) mass is 1240 g/mol. The Balaban J connectivity index is 0.000000342. The molecule has 0 atom stereocenters. The second kappa shape index (κ2) is 37.7. The zero-order valence-corrected chi connectivity index (χ0v) is 45.7. The van der Waals surface area contributed by atoms with Gasteiger partial charge in [0, 0.05) is 64.7 Å². The van der Waals surface area contributed by atoms with Crippen molar-refractivity contribution in [2.75, 3.05) is 12.3 Å². The van der Waals surface area contributed by atoms with Gasteiger partial charge in [0.05, 0.1) is 32.1 Å². The number of thiocarbonyl (C=S) groups is 1. The fraction of sp³-hybridized carbons (Fsp3) is 0.167. The average Bonchev–Trinajstić information content (AvgIpc) is 4.14. The number of rotatable bonds is 10. The van der Waals surface area contributed by atoms with E-state index in [0.717, 1.165) is 86.3 Å². The molecule has 1 aliphatic rings. The van der Waals surface area contributed by atoms with Gasteiger partial charge in [-0.25, -0.2) is 0 Å². The molecule has 12 N–H and O–H groups in total. The third kappa shape index (κ3) is 25.2. The lowest BCUT2D eigenvalue weighted by Gasteiger charge is -2.14. The molecule has 0 saturated carbocycles. The summed E-state index contributed by atoms with van der Waals surface area (Å²) in [7, 11) is 0.